The van der Waals surface area contributed by atoms with Gasteiger partial charge in [-0.25, -0.2) is 0 Å². The van der Waals surface area contributed by atoms with Gasteiger partial charge in [-0.1, -0.05) is 29.8 Å². The Bertz CT molecular complexity index is 838. The Kier molecular flexibility index (Phi) is 5.92. The fraction of sp³-hybridized carbons (Fsp3) is 0.333. The number of ether oxygens (including phenoxy) is 1. The first-order valence-corrected chi connectivity index (χ1v) is 8.99. The molecule has 0 aliphatic carbocycles. The first-order valence-electron chi connectivity index (χ1n) is 8.99. The van der Waals surface area contributed by atoms with Crippen molar-refractivity contribution in [2.24, 2.45) is 5.92 Å². The van der Waals surface area contributed by atoms with Gasteiger partial charge in [0.1, 0.15) is 5.75 Å². The summed E-state index contributed by atoms with van der Waals surface area (Å²) in [6.07, 6.45) is 0.179. The number of benzene rings is 2. The maximum absolute atomic E-state index is 12.8. The molecular weight excluding hydrogens is 366 g/mol. The van der Waals surface area contributed by atoms with E-state index in [1.54, 1.807) is 29.0 Å². The second-order valence-corrected chi connectivity index (χ2v) is 6.96. The molecule has 1 atom stereocenters. The predicted molar refractivity (Wildman–Crippen MR) is 101 cm³/mol. The Morgan fingerprint density at radius 3 is 2.43 bits per heavy atom. The number of amides is 2. The van der Waals surface area contributed by atoms with Gasteiger partial charge < -0.3 is 14.5 Å². The Morgan fingerprint density at radius 1 is 1.18 bits per heavy atom. The van der Waals surface area contributed by atoms with Crippen LogP contribution in [0.25, 0.3) is 0 Å². The van der Waals surface area contributed by atoms with Crippen molar-refractivity contribution in [1.82, 2.24) is 4.90 Å². The number of hydrogen-bond acceptors (Lipinski definition) is 3. The highest BCUT2D eigenvalue weighted by Gasteiger charge is 2.36. The van der Waals surface area contributed by atoms with Crippen molar-refractivity contribution in [2.45, 2.75) is 26.5 Å². The Morgan fingerprint density at radius 2 is 1.82 bits per heavy atom. The van der Waals surface area contributed by atoms with Crippen molar-refractivity contribution in [2.75, 3.05) is 18.5 Å². The first kappa shape index (κ1) is 19.8. The van der Waals surface area contributed by atoms with E-state index in [0.717, 1.165) is 16.8 Å². The van der Waals surface area contributed by atoms with Crippen molar-refractivity contribution >= 4 is 17.5 Å². The molecule has 2 aromatic carbocycles. The minimum Gasteiger partial charge on any atom is -0.435 e. The largest absolute Gasteiger partial charge is 0.435 e. The summed E-state index contributed by atoms with van der Waals surface area (Å²) in [7, 11) is 1.67. The van der Waals surface area contributed by atoms with Gasteiger partial charge in [-0.05, 0) is 36.8 Å². The molecule has 0 aromatic heterocycles. The van der Waals surface area contributed by atoms with Crippen molar-refractivity contribution in [3.05, 3.63) is 59.7 Å². The summed E-state index contributed by atoms with van der Waals surface area (Å²) in [5.74, 6) is -0.511. The van der Waals surface area contributed by atoms with Gasteiger partial charge in [-0.2, -0.15) is 8.78 Å². The Hall–Kier alpha value is -2.96. The third-order valence-corrected chi connectivity index (χ3v) is 4.76. The van der Waals surface area contributed by atoms with Crippen LogP contribution in [-0.4, -0.2) is 36.9 Å². The maximum atomic E-state index is 12.8. The van der Waals surface area contributed by atoms with E-state index in [1.165, 1.54) is 12.1 Å². The Balaban J connectivity index is 1.60. The number of carbonyl (C=O) groups is 2. The monoisotopic (exact) mass is 388 g/mol. The summed E-state index contributed by atoms with van der Waals surface area (Å²) >= 11 is 0. The second-order valence-electron chi connectivity index (χ2n) is 6.96. The van der Waals surface area contributed by atoms with E-state index in [4.69, 9.17) is 0 Å². The summed E-state index contributed by atoms with van der Waals surface area (Å²) < 4.78 is 28.7. The zero-order valence-electron chi connectivity index (χ0n) is 15.8. The lowest BCUT2D eigenvalue weighted by Crippen LogP contribution is -2.34. The summed E-state index contributed by atoms with van der Waals surface area (Å²) in [5.41, 5.74) is 2.69. The molecule has 3 rings (SSSR count). The number of halogens is 2. The molecule has 28 heavy (non-hydrogen) atoms. The number of aryl methyl sites for hydroxylation is 1. The van der Waals surface area contributed by atoms with Crippen LogP contribution in [0.3, 0.4) is 0 Å². The SMILES string of the molecule is Cc1ccc(N2C[C@@H](C(=O)N(C)Cc3ccc(OC(F)F)cc3)CC2=O)cc1. The van der Waals surface area contributed by atoms with Crippen molar-refractivity contribution in [3.8, 4) is 5.75 Å². The number of nitrogens with zero attached hydrogens (tertiary/aromatic N) is 2. The average Bonchev–Trinajstić information content (AvgIpc) is 3.04. The van der Waals surface area contributed by atoms with E-state index in [9.17, 15) is 18.4 Å². The molecule has 1 aliphatic rings. The molecule has 0 unspecified atom stereocenters. The lowest BCUT2D eigenvalue weighted by atomic mass is 10.1. The molecule has 1 saturated heterocycles. The molecule has 5 nitrogen and oxygen atoms in total. The lowest BCUT2D eigenvalue weighted by Gasteiger charge is -2.22. The number of carbonyl (C=O) groups excluding carboxylic acids is 2. The van der Waals surface area contributed by atoms with Crippen LogP contribution in [0.2, 0.25) is 0 Å². The highest BCUT2D eigenvalue weighted by Crippen LogP contribution is 2.27. The zero-order chi connectivity index (χ0) is 20.3. The molecule has 0 saturated carbocycles. The Labute approximate surface area is 162 Å². The standard InChI is InChI=1S/C21H22F2N2O3/c1-14-3-7-17(8-4-14)25-13-16(11-19(25)26)20(27)24(2)12-15-5-9-18(10-6-15)28-21(22)23/h3-10,16,21H,11-13H2,1-2H3/t16-/m0/s1. The molecular formula is C21H22F2N2O3. The van der Waals surface area contributed by atoms with Gasteiger partial charge in [-0.3, -0.25) is 9.59 Å². The lowest BCUT2D eigenvalue weighted by molar-refractivity contribution is -0.135. The molecule has 2 aromatic rings. The van der Waals surface area contributed by atoms with Crippen LogP contribution in [-0.2, 0) is 16.1 Å². The van der Waals surface area contributed by atoms with Gasteiger partial charge in [0.15, 0.2) is 0 Å². The number of anilines is 1. The fourth-order valence-corrected chi connectivity index (χ4v) is 3.29. The smallest absolute Gasteiger partial charge is 0.387 e. The second kappa shape index (κ2) is 8.37. The fourth-order valence-electron chi connectivity index (χ4n) is 3.29. The molecule has 0 bridgehead atoms. The molecule has 0 spiro atoms. The van der Waals surface area contributed by atoms with Crippen LogP contribution in [0.5, 0.6) is 5.75 Å². The minimum absolute atomic E-state index is 0.0656. The van der Waals surface area contributed by atoms with Crippen LogP contribution < -0.4 is 9.64 Å². The van der Waals surface area contributed by atoms with Crippen LogP contribution in [0.15, 0.2) is 48.5 Å². The van der Waals surface area contributed by atoms with Gasteiger partial charge in [0, 0.05) is 32.2 Å². The predicted octanol–water partition coefficient (Wildman–Crippen LogP) is 3.61. The quantitative estimate of drug-likeness (QED) is 0.760. The van der Waals surface area contributed by atoms with Crippen LogP contribution in [0.1, 0.15) is 17.5 Å². The van der Waals surface area contributed by atoms with Gasteiger partial charge in [-0.15, -0.1) is 0 Å². The van der Waals surface area contributed by atoms with Crippen LogP contribution >= 0.6 is 0 Å². The van der Waals surface area contributed by atoms with E-state index in [-0.39, 0.29) is 24.0 Å². The van der Waals surface area contributed by atoms with Crippen molar-refractivity contribution in [3.63, 3.8) is 0 Å². The third-order valence-electron chi connectivity index (χ3n) is 4.76. The molecule has 1 aliphatic heterocycles. The van der Waals surface area contributed by atoms with E-state index in [0.29, 0.717) is 13.1 Å². The van der Waals surface area contributed by atoms with Gasteiger partial charge in [0.25, 0.3) is 0 Å². The van der Waals surface area contributed by atoms with Gasteiger partial charge in [0.05, 0.1) is 5.92 Å². The van der Waals surface area contributed by atoms with E-state index in [2.05, 4.69) is 4.74 Å². The third kappa shape index (κ3) is 4.65. The van der Waals surface area contributed by atoms with Crippen LogP contribution in [0.4, 0.5) is 14.5 Å². The number of hydrogen-bond donors (Lipinski definition) is 0. The normalized spacial score (nSPS) is 16.5. The van der Waals surface area contributed by atoms with Gasteiger partial charge >= 0.3 is 6.61 Å². The van der Waals surface area contributed by atoms with E-state index in [1.807, 2.05) is 31.2 Å². The van der Waals surface area contributed by atoms with Crippen LogP contribution in [0, 0.1) is 12.8 Å². The molecule has 1 fully saturated rings. The molecule has 7 heteroatoms. The number of alkyl halides is 2. The topological polar surface area (TPSA) is 49.9 Å². The summed E-state index contributed by atoms with van der Waals surface area (Å²) in [6.45, 7) is -0.218. The first-order chi connectivity index (χ1) is 13.3. The summed E-state index contributed by atoms with van der Waals surface area (Å²) in [6, 6.07) is 13.8. The molecule has 0 N–H and O–H groups in total. The molecule has 0 radical (unpaired) electrons. The summed E-state index contributed by atoms with van der Waals surface area (Å²) in [4.78, 5) is 28.3. The van der Waals surface area contributed by atoms with Crippen molar-refractivity contribution in [1.29, 1.82) is 0 Å². The number of rotatable bonds is 6. The summed E-state index contributed by atoms with van der Waals surface area (Å²) in [5, 5.41) is 0. The highest BCUT2D eigenvalue weighted by atomic mass is 19.3. The van der Waals surface area contributed by atoms with E-state index >= 15 is 0 Å². The van der Waals surface area contributed by atoms with Gasteiger partial charge in [0.2, 0.25) is 11.8 Å². The minimum atomic E-state index is -2.87. The molecule has 1 heterocycles. The zero-order valence-corrected chi connectivity index (χ0v) is 15.8. The maximum Gasteiger partial charge on any atom is 0.387 e. The van der Waals surface area contributed by atoms with E-state index < -0.39 is 12.5 Å². The average molecular weight is 388 g/mol. The highest BCUT2D eigenvalue weighted by molar-refractivity contribution is 6.00. The molecule has 148 valence electrons. The molecule has 2 amide bonds. The van der Waals surface area contributed by atoms with Crippen molar-refractivity contribution < 1.29 is 23.1 Å².